The summed E-state index contributed by atoms with van der Waals surface area (Å²) in [4.78, 5) is 11.1. The Hall–Kier alpha value is -1.42. The van der Waals surface area contributed by atoms with Gasteiger partial charge in [0.1, 0.15) is 0 Å². The molecular formula is C15H13Cl3N2O. The standard InChI is InChI=1S/C15H13Cl3N2O/c1-8-6-9(15(19)21)2-5-13(8)20-7-10-11(16)3-4-12(17)14(10)18/h2-6,20H,7H2,1H3,(H2,19,21). The SMILES string of the molecule is Cc1cc(C(N)=O)ccc1NCc1c(Cl)ccc(Cl)c1Cl. The highest BCUT2D eigenvalue weighted by Gasteiger charge is 2.10. The molecule has 0 spiro atoms. The third-order valence-corrected chi connectivity index (χ3v) is 4.30. The molecule has 1 amide bonds. The zero-order chi connectivity index (χ0) is 15.6. The highest BCUT2D eigenvalue weighted by atomic mass is 35.5. The van der Waals surface area contributed by atoms with E-state index >= 15 is 0 Å². The van der Waals surface area contributed by atoms with E-state index in [9.17, 15) is 4.79 Å². The number of hydrogen-bond donors (Lipinski definition) is 2. The van der Waals surface area contributed by atoms with Crippen molar-refractivity contribution in [1.29, 1.82) is 0 Å². The number of halogens is 3. The third kappa shape index (κ3) is 3.62. The van der Waals surface area contributed by atoms with Crippen molar-refractivity contribution in [3.05, 3.63) is 62.1 Å². The van der Waals surface area contributed by atoms with Gasteiger partial charge < -0.3 is 11.1 Å². The number of anilines is 1. The van der Waals surface area contributed by atoms with Crippen molar-refractivity contribution >= 4 is 46.4 Å². The van der Waals surface area contributed by atoms with Gasteiger partial charge in [-0.05, 0) is 42.8 Å². The lowest BCUT2D eigenvalue weighted by Gasteiger charge is -2.13. The van der Waals surface area contributed by atoms with Crippen molar-refractivity contribution < 1.29 is 4.79 Å². The molecule has 6 heteroatoms. The van der Waals surface area contributed by atoms with Crippen LogP contribution in [0.3, 0.4) is 0 Å². The monoisotopic (exact) mass is 342 g/mol. The van der Waals surface area contributed by atoms with Crippen LogP contribution < -0.4 is 11.1 Å². The average Bonchev–Trinajstić information content (AvgIpc) is 2.44. The van der Waals surface area contributed by atoms with Crippen LogP contribution in [0.25, 0.3) is 0 Å². The number of hydrogen-bond acceptors (Lipinski definition) is 2. The van der Waals surface area contributed by atoms with Gasteiger partial charge in [-0.3, -0.25) is 4.79 Å². The molecule has 0 unspecified atom stereocenters. The molecular weight excluding hydrogens is 331 g/mol. The van der Waals surface area contributed by atoms with E-state index in [0.29, 0.717) is 27.2 Å². The minimum Gasteiger partial charge on any atom is -0.381 e. The molecule has 2 aromatic rings. The maximum Gasteiger partial charge on any atom is 0.248 e. The highest BCUT2D eigenvalue weighted by molar-refractivity contribution is 6.44. The summed E-state index contributed by atoms with van der Waals surface area (Å²) < 4.78 is 0. The molecule has 0 aliphatic heterocycles. The number of rotatable bonds is 4. The smallest absolute Gasteiger partial charge is 0.248 e. The number of nitrogens with one attached hydrogen (secondary N) is 1. The van der Waals surface area contributed by atoms with Crippen molar-refractivity contribution in [1.82, 2.24) is 0 Å². The number of amides is 1. The van der Waals surface area contributed by atoms with Crippen molar-refractivity contribution in [3.8, 4) is 0 Å². The van der Waals surface area contributed by atoms with Crippen LogP contribution in [0.15, 0.2) is 30.3 Å². The molecule has 0 saturated heterocycles. The summed E-state index contributed by atoms with van der Waals surface area (Å²) in [6.45, 7) is 2.31. The molecule has 3 nitrogen and oxygen atoms in total. The first-order valence-electron chi connectivity index (χ1n) is 6.17. The van der Waals surface area contributed by atoms with Gasteiger partial charge >= 0.3 is 0 Å². The van der Waals surface area contributed by atoms with Crippen LogP contribution >= 0.6 is 34.8 Å². The van der Waals surface area contributed by atoms with E-state index in [-0.39, 0.29) is 0 Å². The van der Waals surface area contributed by atoms with Crippen molar-refractivity contribution in [2.24, 2.45) is 5.73 Å². The van der Waals surface area contributed by atoms with Gasteiger partial charge in [0.25, 0.3) is 0 Å². The fourth-order valence-corrected chi connectivity index (χ4v) is 2.61. The molecule has 0 aliphatic carbocycles. The largest absolute Gasteiger partial charge is 0.381 e. The second-order valence-electron chi connectivity index (χ2n) is 4.57. The Balaban J connectivity index is 2.21. The van der Waals surface area contributed by atoms with Gasteiger partial charge in [0, 0.05) is 28.4 Å². The topological polar surface area (TPSA) is 55.1 Å². The summed E-state index contributed by atoms with van der Waals surface area (Å²) in [5, 5.41) is 4.66. The first-order chi connectivity index (χ1) is 9.90. The number of carbonyl (C=O) groups excluding carboxylic acids is 1. The summed E-state index contributed by atoms with van der Waals surface area (Å²) in [5.74, 6) is -0.453. The van der Waals surface area contributed by atoms with Crippen molar-refractivity contribution in [3.63, 3.8) is 0 Å². The van der Waals surface area contributed by atoms with E-state index in [2.05, 4.69) is 5.32 Å². The van der Waals surface area contributed by atoms with E-state index in [1.807, 2.05) is 6.92 Å². The van der Waals surface area contributed by atoms with E-state index in [4.69, 9.17) is 40.5 Å². The van der Waals surface area contributed by atoms with Crippen LogP contribution in [0.2, 0.25) is 15.1 Å². The normalized spacial score (nSPS) is 10.5. The summed E-state index contributed by atoms with van der Waals surface area (Å²) >= 11 is 18.3. The van der Waals surface area contributed by atoms with E-state index < -0.39 is 5.91 Å². The lowest BCUT2D eigenvalue weighted by Crippen LogP contribution is -2.11. The van der Waals surface area contributed by atoms with Crippen molar-refractivity contribution in [2.45, 2.75) is 13.5 Å². The summed E-state index contributed by atoms with van der Waals surface area (Å²) in [6.07, 6.45) is 0. The minimum absolute atomic E-state index is 0.426. The average molecular weight is 344 g/mol. The Kier molecular flexibility index (Phi) is 4.99. The molecule has 3 N–H and O–H groups in total. The van der Waals surface area contributed by atoms with E-state index in [1.54, 1.807) is 30.3 Å². The van der Waals surface area contributed by atoms with E-state index in [1.165, 1.54) is 0 Å². The Labute approximate surface area is 138 Å². The lowest BCUT2D eigenvalue weighted by atomic mass is 10.1. The molecule has 0 atom stereocenters. The first kappa shape index (κ1) is 16.0. The summed E-state index contributed by atoms with van der Waals surface area (Å²) in [6, 6.07) is 8.55. The number of benzene rings is 2. The van der Waals surface area contributed by atoms with Gasteiger partial charge in [-0.25, -0.2) is 0 Å². The number of primary amides is 1. The fraction of sp³-hybridized carbons (Fsp3) is 0.133. The molecule has 0 fully saturated rings. The molecule has 2 aromatic carbocycles. The lowest BCUT2D eigenvalue weighted by molar-refractivity contribution is 0.1000. The van der Waals surface area contributed by atoms with Crippen LogP contribution in [0.1, 0.15) is 21.5 Å². The van der Waals surface area contributed by atoms with Crippen LogP contribution in [0.4, 0.5) is 5.69 Å². The molecule has 2 rings (SSSR count). The zero-order valence-electron chi connectivity index (χ0n) is 11.2. The molecule has 0 aromatic heterocycles. The summed E-state index contributed by atoms with van der Waals surface area (Å²) in [7, 11) is 0. The van der Waals surface area contributed by atoms with Crippen LogP contribution in [0.5, 0.6) is 0 Å². The van der Waals surface area contributed by atoms with Gasteiger partial charge in [-0.2, -0.15) is 0 Å². The van der Waals surface area contributed by atoms with E-state index in [0.717, 1.165) is 16.8 Å². The minimum atomic E-state index is -0.453. The Morgan fingerprint density at radius 2 is 1.81 bits per heavy atom. The predicted molar refractivity (Wildman–Crippen MR) is 88.5 cm³/mol. The third-order valence-electron chi connectivity index (χ3n) is 3.11. The zero-order valence-corrected chi connectivity index (χ0v) is 13.5. The number of carbonyl (C=O) groups is 1. The molecule has 110 valence electrons. The molecule has 21 heavy (non-hydrogen) atoms. The fourth-order valence-electron chi connectivity index (χ4n) is 1.93. The molecule has 0 heterocycles. The van der Waals surface area contributed by atoms with Crippen LogP contribution in [0, 0.1) is 6.92 Å². The number of aryl methyl sites for hydroxylation is 1. The predicted octanol–water partition coefficient (Wildman–Crippen LogP) is 4.67. The van der Waals surface area contributed by atoms with Crippen LogP contribution in [-0.2, 0) is 6.54 Å². The highest BCUT2D eigenvalue weighted by Crippen LogP contribution is 2.32. The quantitative estimate of drug-likeness (QED) is 0.793. The Morgan fingerprint density at radius 3 is 2.43 bits per heavy atom. The maximum absolute atomic E-state index is 11.1. The second kappa shape index (κ2) is 6.56. The van der Waals surface area contributed by atoms with Gasteiger partial charge in [-0.15, -0.1) is 0 Å². The molecule has 0 radical (unpaired) electrons. The summed E-state index contributed by atoms with van der Waals surface area (Å²) in [5.41, 5.74) is 8.21. The first-order valence-corrected chi connectivity index (χ1v) is 7.30. The van der Waals surface area contributed by atoms with Gasteiger partial charge in [0.05, 0.1) is 10.0 Å². The molecule has 0 saturated carbocycles. The van der Waals surface area contributed by atoms with Gasteiger partial charge in [0.15, 0.2) is 0 Å². The van der Waals surface area contributed by atoms with Gasteiger partial charge in [0.2, 0.25) is 5.91 Å². The Bertz CT molecular complexity index is 702. The molecule has 0 bridgehead atoms. The molecule has 0 aliphatic rings. The van der Waals surface area contributed by atoms with Crippen LogP contribution in [-0.4, -0.2) is 5.91 Å². The second-order valence-corrected chi connectivity index (χ2v) is 5.76. The van der Waals surface area contributed by atoms with Gasteiger partial charge in [-0.1, -0.05) is 34.8 Å². The Morgan fingerprint density at radius 1 is 1.14 bits per heavy atom. The van der Waals surface area contributed by atoms with Crippen molar-refractivity contribution in [2.75, 3.05) is 5.32 Å². The maximum atomic E-state index is 11.1. The number of nitrogens with two attached hydrogens (primary N) is 1.